The summed E-state index contributed by atoms with van der Waals surface area (Å²) in [4.78, 5) is 27.2. The van der Waals surface area contributed by atoms with Gasteiger partial charge in [0.1, 0.15) is 17.3 Å². The standard InChI is InChI=1S/C16H23FN3O7PS/c1-3-24-15(21)9(2)5-7-25-28(23)26-8-10-13(27-28)12(17)14(29-10)20-6-4-11(18)19-16(20)22/h4,6,9-10,12-14H,3,5,7-8H2,1-2H3,(H2,18,19,22)/t9-,10-,12+,13?,14-,28?/m1/s1. The second-order valence-electron chi connectivity index (χ2n) is 6.64. The molecule has 1 aromatic rings. The van der Waals surface area contributed by atoms with Crippen molar-refractivity contribution in [3.05, 3.63) is 22.7 Å². The second-order valence-corrected chi connectivity index (χ2v) is 9.62. The molecule has 0 bridgehead atoms. The number of halogens is 1. The van der Waals surface area contributed by atoms with Gasteiger partial charge in [-0.1, -0.05) is 6.92 Å². The molecule has 0 aromatic carbocycles. The monoisotopic (exact) mass is 451 g/mol. The third-order valence-corrected chi connectivity index (χ3v) is 7.52. The Kier molecular flexibility index (Phi) is 7.00. The molecule has 2 fully saturated rings. The Morgan fingerprint density at radius 2 is 2.34 bits per heavy atom. The fourth-order valence-corrected chi connectivity index (χ4v) is 6.03. The highest BCUT2D eigenvalue weighted by molar-refractivity contribution is 8.00. The van der Waals surface area contributed by atoms with E-state index in [1.54, 1.807) is 13.8 Å². The van der Waals surface area contributed by atoms with Crippen molar-refractivity contribution >= 4 is 31.4 Å². The fourth-order valence-electron chi connectivity index (χ4n) is 2.95. The Hall–Kier alpha value is -1.46. The first-order chi connectivity index (χ1) is 13.7. The van der Waals surface area contributed by atoms with Crippen molar-refractivity contribution in [3.8, 4) is 0 Å². The summed E-state index contributed by atoms with van der Waals surface area (Å²) in [6.45, 7) is 3.48. The van der Waals surface area contributed by atoms with E-state index in [-0.39, 0.29) is 38.0 Å². The Bertz CT molecular complexity index is 856. The number of nitrogens with two attached hydrogens (primary N) is 1. The van der Waals surface area contributed by atoms with Crippen molar-refractivity contribution in [1.82, 2.24) is 9.55 Å². The number of rotatable bonds is 7. The summed E-state index contributed by atoms with van der Waals surface area (Å²) in [5.41, 5.74) is 4.78. The summed E-state index contributed by atoms with van der Waals surface area (Å²) < 4.78 is 49.6. The van der Waals surface area contributed by atoms with Gasteiger partial charge < -0.3 is 10.5 Å². The third-order valence-electron chi connectivity index (χ3n) is 4.53. The number of hydrogen-bond acceptors (Lipinski definition) is 10. The molecule has 0 amide bonds. The molecule has 3 rings (SSSR count). The van der Waals surface area contributed by atoms with Crippen LogP contribution in [0.25, 0.3) is 0 Å². The molecule has 0 spiro atoms. The summed E-state index contributed by atoms with van der Waals surface area (Å²) in [5, 5.41) is -1.38. The lowest BCUT2D eigenvalue weighted by Crippen LogP contribution is -2.38. The first-order valence-corrected chi connectivity index (χ1v) is 11.5. The van der Waals surface area contributed by atoms with Crippen LogP contribution in [0.15, 0.2) is 17.1 Å². The minimum Gasteiger partial charge on any atom is -0.466 e. The van der Waals surface area contributed by atoms with Gasteiger partial charge in [0.2, 0.25) is 0 Å². The topological polar surface area (TPSA) is 132 Å². The lowest BCUT2D eigenvalue weighted by molar-refractivity contribution is -0.147. The molecule has 1 aromatic heterocycles. The van der Waals surface area contributed by atoms with E-state index < -0.39 is 42.3 Å². The molecule has 2 aliphatic heterocycles. The van der Waals surface area contributed by atoms with E-state index in [1.807, 2.05) is 0 Å². The number of hydrogen-bond donors (Lipinski definition) is 1. The normalized spacial score (nSPS) is 32.5. The van der Waals surface area contributed by atoms with Crippen molar-refractivity contribution in [2.75, 3.05) is 25.6 Å². The molecular formula is C16H23FN3O7PS. The lowest BCUT2D eigenvalue weighted by Gasteiger charge is -2.31. The molecule has 0 saturated carbocycles. The number of carbonyl (C=O) groups excluding carboxylic acids is 1. The summed E-state index contributed by atoms with van der Waals surface area (Å²) >= 11 is 1.13. The third kappa shape index (κ3) is 5.00. The zero-order chi connectivity index (χ0) is 21.2. The highest BCUT2D eigenvalue weighted by Gasteiger charge is 2.54. The number of esters is 1. The van der Waals surface area contributed by atoms with E-state index in [0.717, 1.165) is 16.3 Å². The molecule has 29 heavy (non-hydrogen) atoms. The molecule has 10 nitrogen and oxygen atoms in total. The van der Waals surface area contributed by atoms with Gasteiger partial charge >= 0.3 is 19.5 Å². The summed E-state index contributed by atoms with van der Waals surface area (Å²) in [6.07, 6.45) is -1.10. The van der Waals surface area contributed by atoms with Crippen LogP contribution >= 0.6 is 19.6 Å². The highest BCUT2D eigenvalue weighted by atomic mass is 32.2. The number of ether oxygens (including phenoxy) is 1. The van der Waals surface area contributed by atoms with Crippen LogP contribution in [0.5, 0.6) is 0 Å². The Morgan fingerprint density at radius 3 is 3.03 bits per heavy atom. The van der Waals surface area contributed by atoms with E-state index in [9.17, 15) is 14.2 Å². The maximum absolute atomic E-state index is 15.0. The SMILES string of the molecule is CCOC(=O)[C@H](C)CCOP1(=O)OC[C@H]2S[C@@H](n3ccc(N)nc3=O)[C@@H](F)C2O1. The van der Waals surface area contributed by atoms with Crippen LogP contribution in [-0.4, -0.2) is 52.9 Å². The summed E-state index contributed by atoms with van der Waals surface area (Å²) in [7, 11) is -3.99. The van der Waals surface area contributed by atoms with E-state index >= 15 is 4.39 Å². The zero-order valence-electron chi connectivity index (χ0n) is 15.9. The molecule has 13 heteroatoms. The molecule has 0 aliphatic carbocycles. The number of fused-ring (bicyclic) bond motifs is 1. The van der Waals surface area contributed by atoms with Crippen LogP contribution in [0.1, 0.15) is 25.6 Å². The van der Waals surface area contributed by atoms with Gasteiger partial charge in [0.15, 0.2) is 6.17 Å². The number of nitrogens with zero attached hydrogens (tertiary/aromatic N) is 2. The minimum absolute atomic E-state index is 0.0385. The number of anilines is 1. The Labute approximate surface area is 170 Å². The number of thioether (sulfide) groups is 1. The number of nitrogen functional groups attached to an aromatic ring is 1. The van der Waals surface area contributed by atoms with Crippen LogP contribution in [0, 0.1) is 5.92 Å². The summed E-state index contributed by atoms with van der Waals surface area (Å²) in [5.74, 6) is -0.803. The predicted octanol–water partition coefficient (Wildman–Crippen LogP) is 1.91. The van der Waals surface area contributed by atoms with E-state index in [1.165, 1.54) is 12.3 Å². The van der Waals surface area contributed by atoms with Gasteiger partial charge in [0.05, 0.1) is 31.0 Å². The highest BCUT2D eigenvalue weighted by Crippen LogP contribution is 2.60. The molecule has 2 unspecified atom stereocenters. The largest absolute Gasteiger partial charge is 0.475 e. The molecule has 0 radical (unpaired) electrons. The maximum Gasteiger partial charge on any atom is 0.475 e. The van der Waals surface area contributed by atoms with Crippen molar-refractivity contribution in [2.24, 2.45) is 5.92 Å². The maximum atomic E-state index is 15.0. The van der Waals surface area contributed by atoms with E-state index in [4.69, 9.17) is 24.0 Å². The molecule has 6 atom stereocenters. The molecule has 162 valence electrons. The molecule has 2 saturated heterocycles. The number of alkyl halides is 1. The number of phosphoric acid groups is 1. The number of aromatic nitrogens is 2. The Balaban J connectivity index is 1.60. The summed E-state index contributed by atoms with van der Waals surface area (Å²) in [6, 6.07) is 1.40. The first kappa shape index (κ1) is 22.2. The smallest absolute Gasteiger partial charge is 0.466 e. The molecule has 3 heterocycles. The number of phosphoric ester groups is 1. The van der Waals surface area contributed by atoms with Gasteiger partial charge in [-0.15, -0.1) is 11.8 Å². The van der Waals surface area contributed by atoms with Crippen molar-refractivity contribution in [1.29, 1.82) is 0 Å². The van der Waals surface area contributed by atoms with Gasteiger partial charge in [0, 0.05) is 6.20 Å². The molecule has 2 N–H and O–H groups in total. The van der Waals surface area contributed by atoms with Crippen molar-refractivity contribution in [2.45, 2.75) is 43.2 Å². The van der Waals surface area contributed by atoms with Crippen LogP contribution < -0.4 is 11.4 Å². The van der Waals surface area contributed by atoms with Gasteiger partial charge in [-0.2, -0.15) is 4.98 Å². The van der Waals surface area contributed by atoms with Crippen LogP contribution in [-0.2, 0) is 27.7 Å². The van der Waals surface area contributed by atoms with Crippen molar-refractivity contribution in [3.63, 3.8) is 0 Å². The molecular weight excluding hydrogens is 428 g/mol. The lowest BCUT2D eigenvalue weighted by atomic mass is 10.1. The predicted molar refractivity (Wildman–Crippen MR) is 103 cm³/mol. The second kappa shape index (κ2) is 9.13. The Morgan fingerprint density at radius 1 is 1.59 bits per heavy atom. The van der Waals surface area contributed by atoms with Gasteiger partial charge in [0.25, 0.3) is 0 Å². The fraction of sp³-hybridized carbons (Fsp3) is 0.688. The van der Waals surface area contributed by atoms with Crippen molar-refractivity contribution < 1.29 is 32.1 Å². The average Bonchev–Trinajstić information content (AvgIpc) is 2.97. The first-order valence-electron chi connectivity index (χ1n) is 9.12. The van der Waals surface area contributed by atoms with E-state index in [0.29, 0.717) is 0 Å². The van der Waals surface area contributed by atoms with Gasteiger partial charge in [-0.25, -0.2) is 13.8 Å². The molecule has 2 aliphatic rings. The van der Waals surface area contributed by atoms with E-state index in [2.05, 4.69) is 4.98 Å². The average molecular weight is 451 g/mol. The number of carbonyl (C=O) groups is 1. The quantitative estimate of drug-likeness (QED) is 0.484. The van der Waals surface area contributed by atoms with Crippen LogP contribution in [0.3, 0.4) is 0 Å². The zero-order valence-corrected chi connectivity index (χ0v) is 17.6. The van der Waals surface area contributed by atoms with Gasteiger partial charge in [-0.05, 0) is 19.4 Å². The van der Waals surface area contributed by atoms with Crippen LogP contribution in [0.4, 0.5) is 10.2 Å². The van der Waals surface area contributed by atoms with Gasteiger partial charge in [-0.3, -0.25) is 22.9 Å². The minimum atomic E-state index is -3.99. The van der Waals surface area contributed by atoms with Crippen LogP contribution in [0.2, 0.25) is 0 Å².